The van der Waals surface area contributed by atoms with Crippen LogP contribution in [-0.2, 0) is 0 Å². The molecule has 2 aromatic rings. The van der Waals surface area contributed by atoms with Crippen LogP contribution in [-0.4, -0.2) is 17.9 Å². The number of nitrogens with zero attached hydrogens (tertiary/aromatic N) is 1. The Kier molecular flexibility index (Phi) is 4.57. The van der Waals surface area contributed by atoms with Gasteiger partial charge in [0, 0.05) is 22.7 Å². The second-order valence-corrected chi connectivity index (χ2v) is 5.14. The molecular formula is C13H10BrClFN3O. The largest absolute Gasteiger partial charge is 0.371 e. The standard InChI is InChI=1S/C13H10BrClFN3O/c1-17-12-11(16)8(4-5-18-12)13(20)19-10-3-2-7(15)6-9(10)14/h2-6H,1H3,(H,17,18)(H,19,20). The van der Waals surface area contributed by atoms with E-state index in [1.54, 1.807) is 18.2 Å². The summed E-state index contributed by atoms with van der Waals surface area (Å²) in [5.41, 5.74) is 0.410. The first-order valence-electron chi connectivity index (χ1n) is 5.61. The number of hydrogen-bond donors (Lipinski definition) is 2. The Labute approximate surface area is 128 Å². The third-order valence-corrected chi connectivity index (χ3v) is 3.44. The minimum atomic E-state index is -0.697. The minimum Gasteiger partial charge on any atom is -0.371 e. The van der Waals surface area contributed by atoms with Crippen molar-refractivity contribution in [2.75, 3.05) is 17.7 Å². The molecule has 0 aliphatic heterocycles. The molecule has 0 spiro atoms. The number of aromatic nitrogens is 1. The Hall–Kier alpha value is -1.66. The molecule has 1 heterocycles. The molecule has 4 nitrogen and oxygen atoms in total. The highest BCUT2D eigenvalue weighted by Crippen LogP contribution is 2.26. The third kappa shape index (κ3) is 3.08. The average Bonchev–Trinajstić information content (AvgIpc) is 2.42. The fourth-order valence-corrected chi connectivity index (χ4v) is 2.36. The summed E-state index contributed by atoms with van der Waals surface area (Å²) < 4.78 is 14.6. The van der Waals surface area contributed by atoms with Crippen molar-refractivity contribution in [3.8, 4) is 0 Å². The van der Waals surface area contributed by atoms with Crippen molar-refractivity contribution in [3.05, 3.63) is 51.3 Å². The maximum absolute atomic E-state index is 14.0. The van der Waals surface area contributed by atoms with Gasteiger partial charge in [-0.1, -0.05) is 11.6 Å². The number of rotatable bonds is 3. The van der Waals surface area contributed by atoms with Gasteiger partial charge < -0.3 is 10.6 Å². The number of hydrogen-bond acceptors (Lipinski definition) is 3. The van der Waals surface area contributed by atoms with Crippen LogP contribution in [0.5, 0.6) is 0 Å². The molecule has 0 unspecified atom stereocenters. The van der Waals surface area contributed by atoms with Crippen molar-refractivity contribution in [1.29, 1.82) is 0 Å². The predicted octanol–water partition coefficient (Wildman–Crippen LogP) is 3.93. The Morgan fingerprint density at radius 3 is 2.80 bits per heavy atom. The van der Waals surface area contributed by atoms with E-state index in [0.717, 1.165) is 0 Å². The van der Waals surface area contributed by atoms with Gasteiger partial charge >= 0.3 is 0 Å². The molecule has 104 valence electrons. The van der Waals surface area contributed by atoms with Crippen LogP contribution in [0.1, 0.15) is 10.4 Å². The molecule has 1 amide bonds. The fourth-order valence-electron chi connectivity index (χ4n) is 1.57. The smallest absolute Gasteiger partial charge is 0.258 e. The number of pyridine rings is 1. The molecule has 2 N–H and O–H groups in total. The zero-order valence-electron chi connectivity index (χ0n) is 10.4. The van der Waals surface area contributed by atoms with E-state index in [2.05, 4.69) is 31.5 Å². The van der Waals surface area contributed by atoms with Crippen molar-refractivity contribution in [2.24, 2.45) is 0 Å². The van der Waals surface area contributed by atoms with E-state index in [1.165, 1.54) is 19.3 Å². The van der Waals surface area contributed by atoms with E-state index in [1.807, 2.05) is 0 Å². The summed E-state index contributed by atoms with van der Waals surface area (Å²) in [4.78, 5) is 15.9. The van der Waals surface area contributed by atoms with Crippen LogP contribution in [0.2, 0.25) is 5.02 Å². The van der Waals surface area contributed by atoms with E-state index >= 15 is 0 Å². The van der Waals surface area contributed by atoms with E-state index < -0.39 is 11.7 Å². The van der Waals surface area contributed by atoms with Crippen LogP contribution in [0.3, 0.4) is 0 Å². The Balaban J connectivity index is 2.28. The molecule has 0 atom stereocenters. The Morgan fingerprint density at radius 1 is 1.40 bits per heavy atom. The lowest BCUT2D eigenvalue weighted by Gasteiger charge is -2.09. The molecule has 7 heteroatoms. The van der Waals surface area contributed by atoms with Crippen LogP contribution in [0.15, 0.2) is 34.9 Å². The van der Waals surface area contributed by atoms with Gasteiger partial charge in [-0.15, -0.1) is 0 Å². The van der Waals surface area contributed by atoms with Crippen LogP contribution in [0, 0.1) is 5.82 Å². The topological polar surface area (TPSA) is 54.0 Å². The Bertz CT molecular complexity index is 666. The first-order chi connectivity index (χ1) is 9.52. The van der Waals surface area contributed by atoms with Crippen LogP contribution >= 0.6 is 27.5 Å². The van der Waals surface area contributed by atoms with E-state index in [4.69, 9.17) is 11.6 Å². The van der Waals surface area contributed by atoms with Gasteiger partial charge in [-0.25, -0.2) is 9.37 Å². The van der Waals surface area contributed by atoms with Gasteiger partial charge in [-0.2, -0.15) is 0 Å². The second kappa shape index (κ2) is 6.19. The van der Waals surface area contributed by atoms with Crippen molar-refractivity contribution in [1.82, 2.24) is 4.98 Å². The molecule has 0 radical (unpaired) electrons. The number of carbonyl (C=O) groups excluding carboxylic acids is 1. The van der Waals surface area contributed by atoms with Gasteiger partial charge in [-0.3, -0.25) is 4.79 Å². The monoisotopic (exact) mass is 357 g/mol. The normalized spacial score (nSPS) is 10.2. The van der Waals surface area contributed by atoms with Gasteiger partial charge in [0.2, 0.25) is 0 Å². The lowest BCUT2D eigenvalue weighted by Crippen LogP contribution is -2.15. The van der Waals surface area contributed by atoms with E-state index in [0.29, 0.717) is 15.2 Å². The predicted molar refractivity (Wildman–Crippen MR) is 80.8 cm³/mol. The first-order valence-corrected chi connectivity index (χ1v) is 6.78. The second-order valence-electron chi connectivity index (χ2n) is 3.85. The SMILES string of the molecule is CNc1nccc(C(=O)Nc2ccc(Cl)cc2Br)c1F. The van der Waals surface area contributed by atoms with Crippen LogP contribution in [0.25, 0.3) is 0 Å². The number of anilines is 2. The molecule has 20 heavy (non-hydrogen) atoms. The lowest BCUT2D eigenvalue weighted by atomic mass is 10.2. The van der Waals surface area contributed by atoms with E-state index in [9.17, 15) is 9.18 Å². The van der Waals surface area contributed by atoms with Crippen LogP contribution in [0.4, 0.5) is 15.9 Å². The number of amides is 1. The molecule has 0 fully saturated rings. The number of carbonyl (C=O) groups is 1. The molecule has 1 aromatic carbocycles. The summed E-state index contributed by atoms with van der Waals surface area (Å²) in [5, 5.41) is 5.72. The summed E-state index contributed by atoms with van der Waals surface area (Å²) in [6.07, 6.45) is 1.36. The first kappa shape index (κ1) is 14.7. The molecule has 0 saturated heterocycles. The number of halogens is 3. The summed E-state index contributed by atoms with van der Waals surface area (Å²) in [6, 6.07) is 6.21. The molecular weight excluding hydrogens is 349 g/mol. The zero-order chi connectivity index (χ0) is 14.7. The molecule has 0 bridgehead atoms. The highest BCUT2D eigenvalue weighted by molar-refractivity contribution is 9.10. The molecule has 0 aliphatic carbocycles. The number of nitrogens with one attached hydrogen (secondary N) is 2. The number of benzene rings is 1. The van der Waals surface area contributed by atoms with Crippen LogP contribution < -0.4 is 10.6 Å². The summed E-state index contributed by atoms with van der Waals surface area (Å²) in [6.45, 7) is 0. The highest BCUT2D eigenvalue weighted by Gasteiger charge is 2.16. The third-order valence-electron chi connectivity index (χ3n) is 2.55. The molecule has 2 rings (SSSR count). The zero-order valence-corrected chi connectivity index (χ0v) is 12.7. The molecule has 1 aromatic heterocycles. The van der Waals surface area contributed by atoms with E-state index in [-0.39, 0.29) is 11.4 Å². The van der Waals surface area contributed by atoms with Gasteiger partial charge in [0.05, 0.1) is 11.3 Å². The molecule has 0 aliphatic rings. The quantitative estimate of drug-likeness (QED) is 0.874. The van der Waals surface area contributed by atoms with Gasteiger partial charge in [-0.05, 0) is 40.2 Å². The van der Waals surface area contributed by atoms with Crippen molar-refractivity contribution >= 4 is 44.9 Å². The summed E-state index contributed by atoms with van der Waals surface area (Å²) in [5.74, 6) is -1.24. The average molecular weight is 359 g/mol. The van der Waals surface area contributed by atoms with Crippen molar-refractivity contribution in [2.45, 2.75) is 0 Å². The maximum atomic E-state index is 14.0. The van der Waals surface area contributed by atoms with Gasteiger partial charge in [0.15, 0.2) is 11.6 Å². The van der Waals surface area contributed by atoms with Gasteiger partial charge in [0.25, 0.3) is 5.91 Å². The Morgan fingerprint density at radius 2 is 2.15 bits per heavy atom. The summed E-state index contributed by atoms with van der Waals surface area (Å²) >= 11 is 9.09. The fraction of sp³-hybridized carbons (Fsp3) is 0.0769. The minimum absolute atomic E-state index is 0.0211. The molecule has 0 saturated carbocycles. The van der Waals surface area contributed by atoms with Crippen molar-refractivity contribution < 1.29 is 9.18 Å². The van der Waals surface area contributed by atoms with Crippen molar-refractivity contribution in [3.63, 3.8) is 0 Å². The summed E-state index contributed by atoms with van der Waals surface area (Å²) in [7, 11) is 1.53. The highest BCUT2D eigenvalue weighted by atomic mass is 79.9. The maximum Gasteiger partial charge on any atom is 0.258 e. The lowest BCUT2D eigenvalue weighted by molar-refractivity contribution is 0.102. The van der Waals surface area contributed by atoms with Gasteiger partial charge in [0.1, 0.15) is 0 Å².